The SMILES string of the molecule is CC(C)(C)NCCNCc1ccccc1C(C)(C)C. The molecule has 0 atom stereocenters. The summed E-state index contributed by atoms with van der Waals surface area (Å²) in [5.41, 5.74) is 3.25. The highest BCUT2D eigenvalue weighted by Gasteiger charge is 2.16. The molecule has 108 valence electrons. The van der Waals surface area contributed by atoms with E-state index < -0.39 is 0 Å². The third-order valence-electron chi connectivity index (χ3n) is 3.10. The maximum Gasteiger partial charge on any atom is 0.0208 e. The summed E-state index contributed by atoms with van der Waals surface area (Å²) in [5, 5.41) is 7.01. The lowest BCUT2D eigenvalue weighted by molar-refractivity contribution is 0.421. The zero-order valence-electron chi connectivity index (χ0n) is 13.4. The summed E-state index contributed by atoms with van der Waals surface area (Å²) in [7, 11) is 0. The number of rotatable bonds is 5. The summed E-state index contributed by atoms with van der Waals surface area (Å²) in [6, 6.07) is 8.72. The Hall–Kier alpha value is -0.860. The molecule has 2 N–H and O–H groups in total. The largest absolute Gasteiger partial charge is 0.311 e. The molecule has 0 aliphatic rings. The van der Waals surface area contributed by atoms with Gasteiger partial charge in [-0.3, -0.25) is 0 Å². The summed E-state index contributed by atoms with van der Waals surface area (Å²) in [5.74, 6) is 0. The Kier molecular flexibility index (Phi) is 5.57. The normalized spacial score (nSPS) is 12.7. The molecule has 1 aromatic carbocycles. The minimum absolute atomic E-state index is 0.199. The monoisotopic (exact) mass is 262 g/mol. The summed E-state index contributed by atoms with van der Waals surface area (Å²) >= 11 is 0. The van der Waals surface area contributed by atoms with Gasteiger partial charge in [-0.1, -0.05) is 45.0 Å². The van der Waals surface area contributed by atoms with Gasteiger partial charge in [0.15, 0.2) is 0 Å². The first-order valence-electron chi connectivity index (χ1n) is 7.24. The van der Waals surface area contributed by atoms with Gasteiger partial charge in [-0.05, 0) is 37.3 Å². The average Bonchev–Trinajstić information content (AvgIpc) is 2.26. The van der Waals surface area contributed by atoms with E-state index in [2.05, 4.69) is 76.4 Å². The molecule has 0 amide bonds. The van der Waals surface area contributed by atoms with Gasteiger partial charge in [0.05, 0.1) is 0 Å². The van der Waals surface area contributed by atoms with E-state index in [1.807, 2.05) is 0 Å². The van der Waals surface area contributed by atoms with E-state index in [0.29, 0.717) is 0 Å². The van der Waals surface area contributed by atoms with E-state index >= 15 is 0 Å². The Balaban J connectivity index is 2.46. The fraction of sp³-hybridized carbons (Fsp3) is 0.647. The lowest BCUT2D eigenvalue weighted by atomic mass is 9.84. The molecule has 0 saturated heterocycles. The third kappa shape index (κ3) is 6.22. The lowest BCUT2D eigenvalue weighted by Gasteiger charge is -2.23. The van der Waals surface area contributed by atoms with Crippen LogP contribution in [-0.2, 0) is 12.0 Å². The highest BCUT2D eigenvalue weighted by atomic mass is 15.0. The van der Waals surface area contributed by atoms with Gasteiger partial charge >= 0.3 is 0 Å². The van der Waals surface area contributed by atoms with Crippen molar-refractivity contribution < 1.29 is 0 Å². The third-order valence-corrected chi connectivity index (χ3v) is 3.10. The van der Waals surface area contributed by atoms with Gasteiger partial charge in [-0.2, -0.15) is 0 Å². The molecule has 0 spiro atoms. The molecule has 19 heavy (non-hydrogen) atoms. The summed E-state index contributed by atoms with van der Waals surface area (Å²) in [6.07, 6.45) is 0. The van der Waals surface area contributed by atoms with Crippen molar-refractivity contribution in [2.75, 3.05) is 13.1 Å². The van der Waals surface area contributed by atoms with Gasteiger partial charge in [-0.25, -0.2) is 0 Å². The molecule has 2 nitrogen and oxygen atoms in total. The van der Waals surface area contributed by atoms with Crippen molar-refractivity contribution in [1.29, 1.82) is 0 Å². The fourth-order valence-electron chi connectivity index (χ4n) is 2.16. The Bertz CT molecular complexity index is 383. The molecule has 2 heteroatoms. The fourth-order valence-corrected chi connectivity index (χ4v) is 2.16. The highest BCUT2D eigenvalue weighted by Crippen LogP contribution is 2.25. The number of nitrogens with one attached hydrogen (secondary N) is 2. The van der Waals surface area contributed by atoms with Crippen molar-refractivity contribution in [1.82, 2.24) is 10.6 Å². The second kappa shape index (κ2) is 6.53. The quantitative estimate of drug-likeness (QED) is 0.794. The van der Waals surface area contributed by atoms with Gasteiger partial charge in [0, 0.05) is 25.2 Å². The van der Waals surface area contributed by atoms with Crippen LogP contribution in [0.2, 0.25) is 0 Å². The first kappa shape index (κ1) is 16.2. The molecule has 0 bridgehead atoms. The van der Waals surface area contributed by atoms with E-state index in [4.69, 9.17) is 0 Å². The maximum atomic E-state index is 3.52. The van der Waals surface area contributed by atoms with E-state index in [9.17, 15) is 0 Å². The molecule has 0 aliphatic heterocycles. The number of hydrogen-bond acceptors (Lipinski definition) is 2. The second-order valence-electron chi connectivity index (χ2n) is 7.26. The van der Waals surface area contributed by atoms with Crippen LogP contribution >= 0.6 is 0 Å². The van der Waals surface area contributed by atoms with Crippen LogP contribution in [0.5, 0.6) is 0 Å². The van der Waals surface area contributed by atoms with Crippen LogP contribution in [-0.4, -0.2) is 18.6 Å². The maximum absolute atomic E-state index is 3.52. The van der Waals surface area contributed by atoms with Gasteiger partial charge < -0.3 is 10.6 Å². The predicted molar refractivity (Wildman–Crippen MR) is 84.6 cm³/mol. The van der Waals surface area contributed by atoms with Crippen LogP contribution in [0.3, 0.4) is 0 Å². The van der Waals surface area contributed by atoms with E-state index in [1.165, 1.54) is 11.1 Å². The molecule has 0 heterocycles. The Morgan fingerprint density at radius 2 is 1.53 bits per heavy atom. The van der Waals surface area contributed by atoms with Crippen molar-refractivity contribution in [3.05, 3.63) is 35.4 Å². The number of benzene rings is 1. The molecule has 0 aromatic heterocycles. The van der Waals surface area contributed by atoms with Gasteiger partial charge in [0.1, 0.15) is 0 Å². The van der Waals surface area contributed by atoms with Crippen molar-refractivity contribution in [3.63, 3.8) is 0 Å². The number of hydrogen-bond donors (Lipinski definition) is 2. The van der Waals surface area contributed by atoms with Crippen molar-refractivity contribution in [2.24, 2.45) is 0 Å². The zero-order chi connectivity index (χ0) is 14.5. The first-order valence-corrected chi connectivity index (χ1v) is 7.24. The minimum Gasteiger partial charge on any atom is -0.311 e. The molecule has 0 fully saturated rings. The molecule has 0 unspecified atom stereocenters. The van der Waals surface area contributed by atoms with Gasteiger partial charge in [0.25, 0.3) is 0 Å². The molecule has 1 aromatic rings. The van der Waals surface area contributed by atoms with E-state index in [1.54, 1.807) is 0 Å². The average molecular weight is 262 g/mol. The highest BCUT2D eigenvalue weighted by molar-refractivity contribution is 5.32. The van der Waals surface area contributed by atoms with Crippen LogP contribution in [0.4, 0.5) is 0 Å². The molecule has 0 saturated carbocycles. The minimum atomic E-state index is 0.199. The summed E-state index contributed by atoms with van der Waals surface area (Å²) < 4.78 is 0. The molecule has 0 radical (unpaired) electrons. The second-order valence-corrected chi connectivity index (χ2v) is 7.26. The molecular formula is C17H30N2. The van der Waals surface area contributed by atoms with Gasteiger partial charge in [0.2, 0.25) is 0 Å². The molecule has 0 aliphatic carbocycles. The van der Waals surface area contributed by atoms with Crippen LogP contribution < -0.4 is 10.6 Å². The standard InChI is InChI=1S/C17H30N2/c1-16(2,3)15-10-8-7-9-14(15)13-18-11-12-19-17(4,5)6/h7-10,18-19H,11-13H2,1-6H3. The van der Waals surface area contributed by atoms with E-state index in [-0.39, 0.29) is 11.0 Å². The van der Waals surface area contributed by atoms with Crippen LogP contribution in [0, 0.1) is 0 Å². The van der Waals surface area contributed by atoms with Gasteiger partial charge in [-0.15, -0.1) is 0 Å². The van der Waals surface area contributed by atoms with Crippen molar-refractivity contribution >= 4 is 0 Å². The zero-order valence-corrected chi connectivity index (χ0v) is 13.4. The topological polar surface area (TPSA) is 24.1 Å². The summed E-state index contributed by atoms with van der Waals surface area (Å²) in [4.78, 5) is 0. The van der Waals surface area contributed by atoms with Crippen molar-refractivity contribution in [3.8, 4) is 0 Å². The Morgan fingerprint density at radius 3 is 2.11 bits per heavy atom. The summed E-state index contributed by atoms with van der Waals surface area (Å²) in [6.45, 7) is 16.3. The lowest BCUT2D eigenvalue weighted by Crippen LogP contribution is -2.40. The van der Waals surface area contributed by atoms with E-state index in [0.717, 1.165) is 19.6 Å². The van der Waals surface area contributed by atoms with Crippen molar-refractivity contribution in [2.45, 2.75) is 59.0 Å². The van der Waals surface area contributed by atoms with Crippen LogP contribution in [0.15, 0.2) is 24.3 Å². The Morgan fingerprint density at radius 1 is 0.895 bits per heavy atom. The van der Waals surface area contributed by atoms with Crippen LogP contribution in [0.1, 0.15) is 52.7 Å². The predicted octanol–water partition coefficient (Wildman–Crippen LogP) is 3.46. The molecule has 1 rings (SSSR count). The smallest absolute Gasteiger partial charge is 0.0208 e. The molecular weight excluding hydrogens is 232 g/mol. The van der Waals surface area contributed by atoms with Crippen LogP contribution in [0.25, 0.3) is 0 Å². The first-order chi connectivity index (χ1) is 8.70. The Labute approximate surface area is 119 Å².